The molecule has 3 rings (SSSR count). The molecule has 0 saturated carbocycles. The third-order valence-corrected chi connectivity index (χ3v) is 5.93. The second-order valence-corrected chi connectivity index (χ2v) is 8.36. The highest BCUT2D eigenvalue weighted by atomic mass is 16.2. The SMILES string of the molecule is CCCCN[C@H](Cc1ccccc1)C(=O)N(CCc1ccccc1)C[C@@H]1CCCN1. The van der Waals surface area contributed by atoms with Crippen LogP contribution in [0.1, 0.15) is 43.7 Å². The van der Waals surface area contributed by atoms with Gasteiger partial charge in [-0.25, -0.2) is 0 Å². The number of carbonyl (C=O) groups is 1. The number of hydrogen-bond acceptors (Lipinski definition) is 3. The fourth-order valence-electron chi connectivity index (χ4n) is 4.15. The topological polar surface area (TPSA) is 44.4 Å². The average molecular weight is 408 g/mol. The summed E-state index contributed by atoms with van der Waals surface area (Å²) in [5.74, 6) is 0.236. The Morgan fingerprint density at radius 1 is 1.10 bits per heavy atom. The van der Waals surface area contributed by atoms with Crippen LogP contribution in [0, 0.1) is 0 Å². The maximum atomic E-state index is 13.7. The number of hydrogen-bond donors (Lipinski definition) is 2. The number of amides is 1. The van der Waals surface area contributed by atoms with Gasteiger partial charge in [0.1, 0.15) is 0 Å². The minimum Gasteiger partial charge on any atom is -0.339 e. The molecule has 0 aromatic heterocycles. The molecule has 1 heterocycles. The first-order valence-electron chi connectivity index (χ1n) is 11.6. The lowest BCUT2D eigenvalue weighted by Crippen LogP contribution is -2.51. The summed E-state index contributed by atoms with van der Waals surface area (Å²) in [5, 5.41) is 7.13. The molecular formula is C26H37N3O. The van der Waals surface area contributed by atoms with E-state index in [0.717, 1.165) is 58.3 Å². The van der Waals surface area contributed by atoms with E-state index in [0.29, 0.717) is 6.04 Å². The molecule has 0 unspecified atom stereocenters. The summed E-state index contributed by atoms with van der Waals surface area (Å²) in [6, 6.07) is 21.1. The number of nitrogens with one attached hydrogen (secondary N) is 2. The Morgan fingerprint density at radius 3 is 2.43 bits per heavy atom. The van der Waals surface area contributed by atoms with E-state index in [1.54, 1.807) is 0 Å². The fraction of sp³-hybridized carbons (Fsp3) is 0.500. The van der Waals surface area contributed by atoms with Gasteiger partial charge in [-0.3, -0.25) is 4.79 Å². The van der Waals surface area contributed by atoms with Crippen LogP contribution in [0.15, 0.2) is 60.7 Å². The fourth-order valence-corrected chi connectivity index (χ4v) is 4.15. The van der Waals surface area contributed by atoms with Crippen LogP contribution in [-0.2, 0) is 17.6 Å². The minimum absolute atomic E-state index is 0.170. The van der Waals surface area contributed by atoms with Crippen LogP contribution in [0.5, 0.6) is 0 Å². The van der Waals surface area contributed by atoms with Crippen molar-refractivity contribution in [2.24, 2.45) is 0 Å². The lowest BCUT2D eigenvalue weighted by Gasteiger charge is -2.30. The van der Waals surface area contributed by atoms with Crippen molar-refractivity contribution in [3.8, 4) is 0 Å². The highest BCUT2D eigenvalue weighted by molar-refractivity contribution is 5.82. The largest absolute Gasteiger partial charge is 0.339 e. The first-order valence-corrected chi connectivity index (χ1v) is 11.6. The van der Waals surface area contributed by atoms with Crippen LogP contribution in [0.25, 0.3) is 0 Å². The van der Waals surface area contributed by atoms with Gasteiger partial charge in [0.25, 0.3) is 0 Å². The van der Waals surface area contributed by atoms with Crippen molar-refractivity contribution in [3.63, 3.8) is 0 Å². The minimum atomic E-state index is -0.170. The third-order valence-electron chi connectivity index (χ3n) is 5.93. The summed E-state index contributed by atoms with van der Waals surface area (Å²) in [6.45, 7) is 5.70. The summed E-state index contributed by atoms with van der Waals surface area (Å²) in [6.07, 6.45) is 6.21. The Hall–Kier alpha value is -2.17. The van der Waals surface area contributed by atoms with Gasteiger partial charge in [-0.1, -0.05) is 74.0 Å². The summed E-state index contributed by atoms with van der Waals surface area (Å²) in [7, 11) is 0. The summed E-state index contributed by atoms with van der Waals surface area (Å²) >= 11 is 0. The monoisotopic (exact) mass is 407 g/mol. The van der Waals surface area contributed by atoms with Gasteiger partial charge in [0.15, 0.2) is 0 Å². The van der Waals surface area contributed by atoms with Crippen LogP contribution < -0.4 is 10.6 Å². The molecule has 0 aliphatic carbocycles. The second-order valence-electron chi connectivity index (χ2n) is 8.36. The molecule has 1 aliphatic rings. The molecule has 30 heavy (non-hydrogen) atoms. The van der Waals surface area contributed by atoms with Gasteiger partial charge < -0.3 is 15.5 Å². The third kappa shape index (κ3) is 7.26. The van der Waals surface area contributed by atoms with E-state index in [1.807, 2.05) is 12.1 Å². The Labute approximate surface area is 182 Å². The van der Waals surface area contributed by atoms with Crippen molar-refractivity contribution in [2.45, 2.75) is 57.5 Å². The zero-order valence-electron chi connectivity index (χ0n) is 18.4. The molecule has 2 aromatic carbocycles. The molecule has 2 N–H and O–H groups in total. The van der Waals surface area contributed by atoms with E-state index < -0.39 is 0 Å². The molecule has 0 spiro atoms. The summed E-state index contributed by atoms with van der Waals surface area (Å²) in [5.41, 5.74) is 2.50. The number of unbranched alkanes of at least 4 members (excludes halogenated alkanes) is 1. The van der Waals surface area contributed by atoms with E-state index in [-0.39, 0.29) is 11.9 Å². The highest BCUT2D eigenvalue weighted by Crippen LogP contribution is 2.12. The van der Waals surface area contributed by atoms with Crippen LogP contribution in [0.3, 0.4) is 0 Å². The van der Waals surface area contributed by atoms with Crippen LogP contribution in [0.4, 0.5) is 0 Å². The predicted molar refractivity (Wildman–Crippen MR) is 125 cm³/mol. The van der Waals surface area contributed by atoms with E-state index in [9.17, 15) is 4.79 Å². The van der Waals surface area contributed by atoms with Gasteiger partial charge in [0.2, 0.25) is 5.91 Å². The van der Waals surface area contributed by atoms with Crippen molar-refractivity contribution in [1.29, 1.82) is 0 Å². The van der Waals surface area contributed by atoms with Crippen molar-refractivity contribution < 1.29 is 4.79 Å². The Bertz CT molecular complexity index is 728. The lowest BCUT2D eigenvalue weighted by atomic mass is 10.0. The Kier molecular flexibility index (Phi) is 9.39. The molecule has 2 atom stereocenters. The van der Waals surface area contributed by atoms with Gasteiger partial charge in [-0.15, -0.1) is 0 Å². The molecule has 162 valence electrons. The average Bonchev–Trinajstić information content (AvgIpc) is 3.30. The normalized spacial score (nSPS) is 17.0. The molecule has 1 fully saturated rings. The smallest absolute Gasteiger partial charge is 0.240 e. The lowest BCUT2D eigenvalue weighted by molar-refractivity contribution is -0.133. The predicted octanol–water partition coefficient (Wildman–Crippen LogP) is 3.81. The van der Waals surface area contributed by atoms with Crippen molar-refractivity contribution in [1.82, 2.24) is 15.5 Å². The van der Waals surface area contributed by atoms with Gasteiger partial charge in [0.05, 0.1) is 6.04 Å². The Morgan fingerprint density at radius 2 is 1.80 bits per heavy atom. The standard InChI is InChI=1S/C26H37N3O/c1-2-3-17-28-25(20-23-13-8-5-9-14-23)26(30)29(21-24-15-10-18-27-24)19-16-22-11-6-4-7-12-22/h4-9,11-14,24-25,27-28H,2-3,10,15-21H2,1H3/t24-,25+/m0/s1. The van der Waals surface area contributed by atoms with Gasteiger partial charge in [-0.2, -0.15) is 0 Å². The number of carbonyl (C=O) groups excluding carboxylic acids is 1. The van der Waals surface area contributed by atoms with E-state index >= 15 is 0 Å². The first kappa shape index (κ1) is 22.5. The van der Waals surface area contributed by atoms with E-state index in [4.69, 9.17) is 0 Å². The summed E-state index contributed by atoms with van der Waals surface area (Å²) in [4.78, 5) is 15.8. The van der Waals surface area contributed by atoms with Crippen LogP contribution in [-0.4, -0.2) is 49.1 Å². The Balaban J connectivity index is 1.70. The first-order chi connectivity index (χ1) is 14.8. The molecule has 1 saturated heterocycles. The van der Waals surface area contributed by atoms with Crippen molar-refractivity contribution in [3.05, 3.63) is 71.8 Å². The number of nitrogens with zero attached hydrogens (tertiary/aromatic N) is 1. The number of rotatable bonds is 12. The molecule has 0 radical (unpaired) electrons. The summed E-state index contributed by atoms with van der Waals surface area (Å²) < 4.78 is 0. The maximum Gasteiger partial charge on any atom is 0.240 e. The molecule has 1 aliphatic heterocycles. The highest BCUT2D eigenvalue weighted by Gasteiger charge is 2.27. The van der Waals surface area contributed by atoms with Crippen molar-refractivity contribution in [2.75, 3.05) is 26.2 Å². The van der Waals surface area contributed by atoms with Crippen molar-refractivity contribution >= 4 is 5.91 Å². The van der Waals surface area contributed by atoms with E-state index in [2.05, 4.69) is 71.0 Å². The van der Waals surface area contributed by atoms with Gasteiger partial charge in [0, 0.05) is 19.1 Å². The van der Waals surface area contributed by atoms with E-state index in [1.165, 1.54) is 17.5 Å². The van der Waals surface area contributed by atoms with Crippen LogP contribution in [0.2, 0.25) is 0 Å². The quantitative estimate of drug-likeness (QED) is 0.526. The molecule has 1 amide bonds. The molecular weight excluding hydrogens is 370 g/mol. The zero-order valence-corrected chi connectivity index (χ0v) is 18.4. The molecule has 4 heteroatoms. The van der Waals surface area contributed by atoms with Crippen LogP contribution >= 0.6 is 0 Å². The second kappa shape index (κ2) is 12.5. The van der Waals surface area contributed by atoms with Gasteiger partial charge in [-0.05, 0) is 56.3 Å². The molecule has 2 aromatic rings. The maximum absolute atomic E-state index is 13.7. The zero-order chi connectivity index (χ0) is 21.0. The number of benzene rings is 2. The molecule has 0 bridgehead atoms. The van der Waals surface area contributed by atoms with Gasteiger partial charge >= 0.3 is 0 Å². The molecule has 4 nitrogen and oxygen atoms in total.